The zero-order valence-electron chi connectivity index (χ0n) is 8.29. The van der Waals surface area contributed by atoms with Gasteiger partial charge in [0.2, 0.25) is 0 Å². The van der Waals surface area contributed by atoms with E-state index in [-0.39, 0.29) is 12.4 Å². The fourth-order valence-electron chi connectivity index (χ4n) is 1.21. The number of methoxy groups -OCH3 is 1. The highest BCUT2D eigenvalue weighted by Gasteiger charge is 2.08. The third-order valence-corrected chi connectivity index (χ3v) is 2.65. The van der Waals surface area contributed by atoms with Crippen molar-refractivity contribution in [3.8, 4) is 6.07 Å². The van der Waals surface area contributed by atoms with Gasteiger partial charge in [-0.25, -0.2) is 0 Å². The minimum atomic E-state index is -0.335. The van der Waals surface area contributed by atoms with Crippen LogP contribution in [0, 0.1) is 11.3 Å². The van der Waals surface area contributed by atoms with Crippen LogP contribution in [-0.2, 0) is 21.3 Å². The van der Waals surface area contributed by atoms with Crippen LogP contribution < -0.4 is 0 Å². The minimum absolute atomic E-state index is 0.139. The molecular formula is C11H10BrNO2. The summed E-state index contributed by atoms with van der Waals surface area (Å²) in [6.07, 6.45) is 0.139. The van der Waals surface area contributed by atoms with Crippen molar-refractivity contribution in [2.45, 2.75) is 11.8 Å². The predicted molar refractivity (Wildman–Crippen MR) is 59.5 cm³/mol. The predicted octanol–water partition coefficient (Wildman–Crippen LogP) is 2.17. The summed E-state index contributed by atoms with van der Waals surface area (Å²) in [6, 6.07) is 7.46. The third-order valence-electron chi connectivity index (χ3n) is 2.01. The lowest BCUT2D eigenvalue weighted by atomic mass is 10.0. The van der Waals surface area contributed by atoms with E-state index in [1.807, 2.05) is 12.1 Å². The van der Waals surface area contributed by atoms with Crippen molar-refractivity contribution < 1.29 is 9.53 Å². The number of alkyl halides is 1. The number of benzene rings is 1. The molecule has 1 rings (SSSR count). The lowest BCUT2D eigenvalue weighted by Crippen LogP contribution is -2.06. The van der Waals surface area contributed by atoms with Gasteiger partial charge in [-0.1, -0.05) is 28.1 Å². The topological polar surface area (TPSA) is 50.1 Å². The Morgan fingerprint density at radius 1 is 1.60 bits per heavy atom. The van der Waals surface area contributed by atoms with Gasteiger partial charge in [-0.3, -0.25) is 4.79 Å². The molecule has 0 bridgehead atoms. The smallest absolute Gasteiger partial charge is 0.310 e. The number of esters is 1. The van der Waals surface area contributed by atoms with E-state index < -0.39 is 0 Å². The van der Waals surface area contributed by atoms with Gasteiger partial charge in [-0.05, 0) is 17.2 Å². The molecule has 0 fully saturated rings. The van der Waals surface area contributed by atoms with Crippen molar-refractivity contribution in [2.24, 2.45) is 0 Å². The van der Waals surface area contributed by atoms with Gasteiger partial charge in [0, 0.05) is 5.33 Å². The fraction of sp³-hybridized carbons (Fsp3) is 0.273. The van der Waals surface area contributed by atoms with Gasteiger partial charge in [-0.2, -0.15) is 5.26 Å². The molecule has 0 atom stereocenters. The van der Waals surface area contributed by atoms with E-state index in [2.05, 4.69) is 26.7 Å². The first-order valence-electron chi connectivity index (χ1n) is 4.36. The van der Waals surface area contributed by atoms with E-state index in [9.17, 15) is 4.79 Å². The molecule has 0 unspecified atom stereocenters. The molecule has 0 aromatic heterocycles. The van der Waals surface area contributed by atoms with Crippen LogP contribution in [0.25, 0.3) is 0 Å². The molecule has 0 spiro atoms. The molecule has 0 saturated heterocycles. The standard InChI is InChI=1S/C11H10BrNO2/c1-15-11(14)5-10-4-8(6-12)2-3-9(10)7-13/h2-4H,5-6H2,1H3. The zero-order chi connectivity index (χ0) is 11.3. The van der Waals surface area contributed by atoms with Crippen molar-refractivity contribution in [1.82, 2.24) is 0 Å². The maximum Gasteiger partial charge on any atom is 0.310 e. The molecular weight excluding hydrogens is 258 g/mol. The molecule has 78 valence electrons. The molecule has 0 amide bonds. The fourth-order valence-corrected chi connectivity index (χ4v) is 1.56. The summed E-state index contributed by atoms with van der Waals surface area (Å²) >= 11 is 3.32. The van der Waals surface area contributed by atoms with Crippen molar-refractivity contribution in [3.63, 3.8) is 0 Å². The quantitative estimate of drug-likeness (QED) is 0.623. The lowest BCUT2D eigenvalue weighted by Gasteiger charge is -2.04. The highest BCUT2D eigenvalue weighted by Crippen LogP contribution is 2.14. The second-order valence-electron chi connectivity index (χ2n) is 2.99. The molecule has 0 heterocycles. The Bertz CT molecular complexity index is 410. The van der Waals surface area contributed by atoms with Crippen LogP contribution in [0.4, 0.5) is 0 Å². The summed E-state index contributed by atoms with van der Waals surface area (Å²) in [7, 11) is 1.34. The Morgan fingerprint density at radius 3 is 2.87 bits per heavy atom. The minimum Gasteiger partial charge on any atom is -0.469 e. The Labute approximate surface area is 96.8 Å². The molecule has 15 heavy (non-hydrogen) atoms. The number of hydrogen-bond acceptors (Lipinski definition) is 3. The molecule has 0 aliphatic heterocycles. The van der Waals surface area contributed by atoms with Gasteiger partial charge >= 0.3 is 5.97 Å². The number of hydrogen-bond donors (Lipinski definition) is 0. The Balaban J connectivity index is 3.02. The molecule has 0 radical (unpaired) electrons. The number of halogens is 1. The number of carbonyl (C=O) groups is 1. The van der Waals surface area contributed by atoms with Crippen LogP contribution in [-0.4, -0.2) is 13.1 Å². The second-order valence-corrected chi connectivity index (χ2v) is 3.55. The number of nitrogens with zero attached hydrogens (tertiary/aromatic N) is 1. The molecule has 1 aromatic rings. The SMILES string of the molecule is COC(=O)Cc1cc(CBr)ccc1C#N. The van der Waals surface area contributed by atoms with Crippen LogP contribution in [0.2, 0.25) is 0 Å². The maximum atomic E-state index is 11.1. The van der Waals surface area contributed by atoms with E-state index in [1.54, 1.807) is 6.07 Å². The van der Waals surface area contributed by atoms with Crippen LogP contribution in [0.5, 0.6) is 0 Å². The van der Waals surface area contributed by atoms with Crippen molar-refractivity contribution >= 4 is 21.9 Å². The van der Waals surface area contributed by atoms with E-state index in [0.29, 0.717) is 16.5 Å². The number of rotatable bonds is 3. The van der Waals surface area contributed by atoms with Crippen LogP contribution in [0.3, 0.4) is 0 Å². The summed E-state index contributed by atoms with van der Waals surface area (Å²) < 4.78 is 4.57. The second kappa shape index (κ2) is 5.52. The number of nitriles is 1. The zero-order valence-corrected chi connectivity index (χ0v) is 9.87. The van der Waals surface area contributed by atoms with E-state index in [4.69, 9.17) is 5.26 Å². The molecule has 0 N–H and O–H groups in total. The highest BCUT2D eigenvalue weighted by molar-refractivity contribution is 9.08. The summed E-state index contributed by atoms with van der Waals surface area (Å²) in [6.45, 7) is 0. The van der Waals surface area contributed by atoms with E-state index >= 15 is 0 Å². The number of carbonyl (C=O) groups excluding carboxylic acids is 1. The summed E-state index contributed by atoms with van der Waals surface area (Å²) in [4.78, 5) is 11.1. The van der Waals surface area contributed by atoms with Crippen LogP contribution in [0.1, 0.15) is 16.7 Å². The average Bonchev–Trinajstić information content (AvgIpc) is 2.28. The summed E-state index contributed by atoms with van der Waals surface area (Å²) in [5, 5.41) is 9.56. The number of ether oxygens (including phenoxy) is 1. The Hall–Kier alpha value is -1.34. The average molecular weight is 268 g/mol. The molecule has 1 aromatic carbocycles. The highest BCUT2D eigenvalue weighted by atomic mass is 79.9. The van der Waals surface area contributed by atoms with Gasteiger partial charge < -0.3 is 4.74 Å². The molecule has 0 aliphatic rings. The monoisotopic (exact) mass is 267 g/mol. The van der Waals surface area contributed by atoms with Crippen LogP contribution in [0.15, 0.2) is 18.2 Å². The Morgan fingerprint density at radius 2 is 2.33 bits per heavy atom. The molecule has 0 aliphatic carbocycles. The Kier molecular flexibility index (Phi) is 4.32. The summed E-state index contributed by atoms with van der Waals surface area (Å²) in [5.41, 5.74) is 2.26. The molecule has 3 nitrogen and oxygen atoms in total. The van der Waals surface area contributed by atoms with Crippen molar-refractivity contribution in [1.29, 1.82) is 5.26 Å². The van der Waals surface area contributed by atoms with Crippen molar-refractivity contribution in [3.05, 3.63) is 34.9 Å². The van der Waals surface area contributed by atoms with Crippen molar-refractivity contribution in [2.75, 3.05) is 7.11 Å². The first kappa shape index (κ1) is 11.7. The largest absolute Gasteiger partial charge is 0.469 e. The normalized spacial score (nSPS) is 9.40. The molecule has 0 saturated carbocycles. The first-order valence-corrected chi connectivity index (χ1v) is 5.48. The van der Waals surface area contributed by atoms with E-state index in [0.717, 1.165) is 5.56 Å². The summed E-state index contributed by atoms with van der Waals surface area (Å²) in [5.74, 6) is -0.335. The van der Waals surface area contributed by atoms with Gasteiger partial charge in [0.05, 0.1) is 25.2 Å². The molecule has 4 heteroatoms. The van der Waals surface area contributed by atoms with Gasteiger partial charge in [-0.15, -0.1) is 0 Å². The van der Waals surface area contributed by atoms with Gasteiger partial charge in [0.25, 0.3) is 0 Å². The van der Waals surface area contributed by atoms with E-state index in [1.165, 1.54) is 7.11 Å². The van der Waals surface area contributed by atoms with Gasteiger partial charge in [0.1, 0.15) is 0 Å². The maximum absolute atomic E-state index is 11.1. The first-order chi connectivity index (χ1) is 7.21. The van der Waals surface area contributed by atoms with Crippen LogP contribution >= 0.6 is 15.9 Å². The lowest BCUT2D eigenvalue weighted by molar-refractivity contribution is -0.139. The third kappa shape index (κ3) is 3.07. The van der Waals surface area contributed by atoms with Gasteiger partial charge in [0.15, 0.2) is 0 Å².